The summed E-state index contributed by atoms with van der Waals surface area (Å²) in [7, 11) is 0. The predicted octanol–water partition coefficient (Wildman–Crippen LogP) is 3.22. The largest absolute Gasteiger partial charge is 0.343 e. The number of rotatable bonds is 2. The molecule has 0 bridgehead atoms. The van der Waals surface area contributed by atoms with E-state index in [1.54, 1.807) is 24.3 Å². The van der Waals surface area contributed by atoms with Crippen LogP contribution in [0.3, 0.4) is 0 Å². The van der Waals surface area contributed by atoms with E-state index in [0.717, 1.165) is 10.5 Å². The van der Waals surface area contributed by atoms with Gasteiger partial charge < -0.3 is 4.57 Å². The van der Waals surface area contributed by atoms with Crippen LogP contribution >= 0.6 is 0 Å². The van der Waals surface area contributed by atoms with Crippen LogP contribution in [-0.4, -0.2) is 22.4 Å². The Kier molecular flexibility index (Phi) is 4.28. The second-order valence-electron chi connectivity index (χ2n) is 7.27. The van der Waals surface area contributed by atoms with Gasteiger partial charge in [0, 0.05) is 17.4 Å². The third kappa shape index (κ3) is 3.18. The molecule has 1 N–H and O–H groups in total. The third-order valence-corrected chi connectivity index (χ3v) is 4.19. The number of nitrogens with one attached hydrogen (secondary N) is 1. The number of hydrogen-bond donors (Lipinski definition) is 1. The van der Waals surface area contributed by atoms with Crippen molar-refractivity contribution in [2.24, 2.45) is 0 Å². The number of nitrogens with zero attached hydrogens (tertiary/aromatic N) is 2. The molecular weight excluding hydrogens is 330 g/mol. The van der Waals surface area contributed by atoms with Crippen LogP contribution in [-0.2, 0) is 15.1 Å². The molecule has 1 saturated heterocycles. The number of hydrogen-bond acceptors (Lipinski definition) is 3. The van der Waals surface area contributed by atoms with E-state index in [-0.39, 0.29) is 11.1 Å². The smallest absolute Gasteiger partial charge is 0.335 e. The minimum absolute atomic E-state index is 0.0747. The van der Waals surface area contributed by atoms with Crippen LogP contribution in [0.1, 0.15) is 32.0 Å². The van der Waals surface area contributed by atoms with Crippen molar-refractivity contribution in [1.29, 1.82) is 0 Å². The zero-order valence-corrected chi connectivity index (χ0v) is 15.2. The van der Waals surface area contributed by atoms with Gasteiger partial charge in [0.1, 0.15) is 5.57 Å². The number of urea groups is 1. The number of carbonyl (C=O) groups is 3. The van der Waals surface area contributed by atoms with Gasteiger partial charge in [0.25, 0.3) is 11.8 Å². The average Bonchev–Trinajstić information content (AvgIpc) is 3.01. The summed E-state index contributed by atoms with van der Waals surface area (Å²) < 4.78 is 1.97. The normalized spacial score (nSPS) is 17.0. The van der Waals surface area contributed by atoms with Crippen molar-refractivity contribution in [1.82, 2.24) is 9.88 Å². The fraction of sp³-hybridized carbons (Fsp3) is 0.250. The molecule has 2 aromatic rings. The minimum Gasteiger partial charge on any atom is -0.343 e. The molecule has 0 radical (unpaired) electrons. The molecule has 26 heavy (non-hydrogen) atoms. The summed E-state index contributed by atoms with van der Waals surface area (Å²) in [6, 6.07) is 9.90. The number of barbiturate groups is 1. The second kappa shape index (κ2) is 6.29. The standard InChI is InChI=1S/C20H21N3O3/c1-13-7-9-14(10-8-13)23-18(25)16(17(24)21-19(23)26)12-15-6-5-11-22(15)20(2,3)4/h5-12H,1-4H3,(H,21,24,26)/b16-12+. The summed E-state index contributed by atoms with van der Waals surface area (Å²) >= 11 is 0. The quantitative estimate of drug-likeness (QED) is 0.667. The number of imide groups is 2. The minimum atomic E-state index is -0.743. The van der Waals surface area contributed by atoms with Gasteiger partial charge in [-0.2, -0.15) is 0 Å². The first kappa shape index (κ1) is 17.7. The fourth-order valence-electron chi connectivity index (χ4n) is 2.86. The van der Waals surface area contributed by atoms with Gasteiger partial charge in [0.15, 0.2) is 0 Å². The Morgan fingerprint density at radius 3 is 2.27 bits per heavy atom. The predicted molar refractivity (Wildman–Crippen MR) is 99.6 cm³/mol. The molecule has 0 unspecified atom stereocenters. The van der Waals surface area contributed by atoms with Crippen LogP contribution in [0.25, 0.3) is 6.08 Å². The molecule has 134 valence electrons. The van der Waals surface area contributed by atoms with Crippen molar-refractivity contribution in [3.63, 3.8) is 0 Å². The summed E-state index contributed by atoms with van der Waals surface area (Å²) in [5, 5.41) is 2.24. The van der Waals surface area contributed by atoms with Gasteiger partial charge in [-0.15, -0.1) is 0 Å². The highest BCUT2D eigenvalue weighted by atomic mass is 16.2. The Morgan fingerprint density at radius 2 is 1.65 bits per heavy atom. The maximum Gasteiger partial charge on any atom is 0.335 e. The van der Waals surface area contributed by atoms with Gasteiger partial charge in [-0.05, 0) is 58.0 Å². The van der Waals surface area contributed by atoms with Gasteiger partial charge in [0.05, 0.1) is 5.69 Å². The molecule has 0 spiro atoms. The van der Waals surface area contributed by atoms with Crippen LogP contribution in [0, 0.1) is 6.92 Å². The second-order valence-corrected chi connectivity index (χ2v) is 7.27. The zero-order chi connectivity index (χ0) is 19.1. The third-order valence-electron chi connectivity index (χ3n) is 4.19. The van der Waals surface area contributed by atoms with Gasteiger partial charge in [-0.1, -0.05) is 17.7 Å². The molecule has 3 rings (SSSR count). The summed E-state index contributed by atoms with van der Waals surface area (Å²) in [5.41, 5.74) is 1.86. The number of benzene rings is 1. The van der Waals surface area contributed by atoms with Crippen molar-refractivity contribution in [2.75, 3.05) is 4.90 Å². The zero-order valence-electron chi connectivity index (χ0n) is 15.2. The first-order chi connectivity index (χ1) is 12.2. The highest BCUT2D eigenvalue weighted by molar-refractivity contribution is 6.39. The van der Waals surface area contributed by atoms with E-state index in [1.807, 2.05) is 50.6 Å². The van der Waals surface area contributed by atoms with Crippen LogP contribution in [0.2, 0.25) is 0 Å². The molecule has 1 aromatic carbocycles. The first-order valence-electron chi connectivity index (χ1n) is 8.34. The van der Waals surface area contributed by atoms with Crippen molar-refractivity contribution in [3.8, 4) is 0 Å². The molecule has 0 atom stereocenters. The van der Waals surface area contributed by atoms with E-state index in [2.05, 4.69) is 5.32 Å². The summed E-state index contributed by atoms with van der Waals surface area (Å²) in [6.45, 7) is 8.00. The van der Waals surface area contributed by atoms with E-state index in [9.17, 15) is 14.4 Å². The highest BCUT2D eigenvalue weighted by Crippen LogP contribution is 2.24. The van der Waals surface area contributed by atoms with E-state index in [1.165, 1.54) is 6.08 Å². The monoisotopic (exact) mass is 351 g/mol. The van der Waals surface area contributed by atoms with Gasteiger partial charge >= 0.3 is 6.03 Å². The molecule has 6 heteroatoms. The fourth-order valence-corrected chi connectivity index (χ4v) is 2.86. The molecule has 1 fully saturated rings. The Hall–Kier alpha value is -3.15. The molecule has 1 aliphatic rings. The Labute approximate surface area is 152 Å². The maximum atomic E-state index is 12.9. The lowest BCUT2D eigenvalue weighted by Crippen LogP contribution is -2.54. The van der Waals surface area contributed by atoms with E-state index >= 15 is 0 Å². The Morgan fingerprint density at radius 1 is 1.00 bits per heavy atom. The topological polar surface area (TPSA) is 71.4 Å². The van der Waals surface area contributed by atoms with Crippen molar-refractivity contribution in [2.45, 2.75) is 33.2 Å². The maximum absolute atomic E-state index is 12.9. The van der Waals surface area contributed by atoms with Crippen molar-refractivity contribution in [3.05, 3.63) is 59.4 Å². The van der Waals surface area contributed by atoms with E-state index in [0.29, 0.717) is 11.4 Å². The van der Waals surface area contributed by atoms with E-state index in [4.69, 9.17) is 0 Å². The summed E-state index contributed by atoms with van der Waals surface area (Å²) in [6.07, 6.45) is 3.41. The molecule has 0 aliphatic carbocycles. The van der Waals surface area contributed by atoms with Gasteiger partial charge in [-0.25, -0.2) is 9.69 Å². The number of carbonyl (C=O) groups excluding carboxylic acids is 3. The molecule has 6 nitrogen and oxygen atoms in total. The molecule has 0 saturated carbocycles. The van der Waals surface area contributed by atoms with Crippen molar-refractivity contribution < 1.29 is 14.4 Å². The van der Waals surface area contributed by atoms with Gasteiger partial charge in [0.2, 0.25) is 0 Å². The number of amides is 4. The average molecular weight is 351 g/mol. The SMILES string of the molecule is Cc1ccc(N2C(=O)NC(=O)/C(=C\c3cccn3C(C)(C)C)C2=O)cc1. The molecule has 1 aliphatic heterocycles. The first-order valence-corrected chi connectivity index (χ1v) is 8.34. The van der Waals surface area contributed by atoms with Gasteiger partial charge in [-0.3, -0.25) is 14.9 Å². The number of anilines is 1. The lowest BCUT2D eigenvalue weighted by molar-refractivity contribution is -0.122. The molecule has 2 heterocycles. The lowest BCUT2D eigenvalue weighted by Gasteiger charge is -2.27. The Balaban J connectivity index is 2.04. The van der Waals surface area contributed by atoms with Crippen LogP contribution in [0.4, 0.5) is 10.5 Å². The highest BCUT2D eigenvalue weighted by Gasteiger charge is 2.37. The Bertz CT molecular complexity index is 915. The lowest BCUT2D eigenvalue weighted by atomic mass is 10.1. The number of aromatic nitrogens is 1. The van der Waals surface area contributed by atoms with Crippen LogP contribution < -0.4 is 10.2 Å². The van der Waals surface area contributed by atoms with Crippen molar-refractivity contribution >= 4 is 29.6 Å². The molecule has 1 aromatic heterocycles. The number of aryl methyl sites for hydroxylation is 1. The van der Waals surface area contributed by atoms with Crippen LogP contribution in [0.15, 0.2) is 48.2 Å². The summed E-state index contributed by atoms with van der Waals surface area (Å²) in [4.78, 5) is 38.4. The van der Waals surface area contributed by atoms with E-state index < -0.39 is 17.8 Å². The van der Waals surface area contributed by atoms with Crippen LogP contribution in [0.5, 0.6) is 0 Å². The summed E-state index contributed by atoms with van der Waals surface area (Å²) in [5.74, 6) is -1.32. The molecule has 4 amide bonds. The molecular formula is C20H21N3O3.